The molecule has 2 N–H and O–H groups in total. The Bertz CT molecular complexity index is 726. The standard InChI is InChI=1S/C21H28N4O/c1-4-13-22-20(26)19-12-8-11-18(14-19)16-24-21(25(2)3)23-15-17-9-6-5-7-10-17/h5-12,14H,4,13,15-16H2,1-3H3,(H,22,26)(H,23,24). The normalized spacial score (nSPS) is 11.1. The fourth-order valence-corrected chi connectivity index (χ4v) is 2.45. The molecule has 5 heteroatoms. The van der Waals surface area contributed by atoms with Gasteiger partial charge >= 0.3 is 0 Å². The van der Waals surface area contributed by atoms with Crippen molar-refractivity contribution in [2.45, 2.75) is 26.4 Å². The molecule has 2 aromatic carbocycles. The molecule has 5 nitrogen and oxygen atoms in total. The van der Waals surface area contributed by atoms with Gasteiger partial charge in [-0.15, -0.1) is 0 Å². The lowest BCUT2D eigenvalue weighted by Crippen LogP contribution is -2.36. The molecule has 138 valence electrons. The summed E-state index contributed by atoms with van der Waals surface area (Å²) in [6, 6.07) is 17.9. The maximum Gasteiger partial charge on any atom is 0.251 e. The van der Waals surface area contributed by atoms with Crippen molar-refractivity contribution in [1.29, 1.82) is 0 Å². The van der Waals surface area contributed by atoms with Gasteiger partial charge in [0.15, 0.2) is 5.96 Å². The summed E-state index contributed by atoms with van der Waals surface area (Å²) in [5, 5.41) is 6.27. The van der Waals surface area contributed by atoms with Crippen LogP contribution in [0.2, 0.25) is 0 Å². The Balaban J connectivity index is 2.01. The zero-order chi connectivity index (χ0) is 18.8. The molecule has 0 bridgehead atoms. The van der Waals surface area contributed by atoms with Gasteiger partial charge in [0.05, 0.1) is 6.54 Å². The Hall–Kier alpha value is -2.82. The van der Waals surface area contributed by atoms with Gasteiger partial charge in [-0.25, -0.2) is 4.99 Å². The predicted molar refractivity (Wildman–Crippen MR) is 107 cm³/mol. The molecule has 26 heavy (non-hydrogen) atoms. The van der Waals surface area contributed by atoms with E-state index in [1.54, 1.807) is 0 Å². The first-order valence-corrected chi connectivity index (χ1v) is 8.97. The molecule has 0 unspecified atom stereocenters. The molecule has 1 amide bonds. The van der Waals surface area contributed by atoms with Gasteiger partial charge in [-0.3, -0.25) is 4.79 Å². The zero-order valence-corrected chi connectivity index (χ0v) is 15.8. The molecule has 0 saturated carbocycles. The summed E-state index contributed by atoms with van der Waals surface area (Å²) in [4.78, 5) is 18.7. The number of nitrogens with one attached hydrogen (secondary N) is 2. The lowest BCUT2D eigenvalue weighted by Gasteiger charge is -2.18. The quantitative estimate of drug-likeness (QED) is 0.595. The van der Waals surface area contributed by atoms with E-state index in [0.717, 1.165) is 24.5 Å². The van der Waals surface area contributed by atoms with Crippen molar-refractivity contribution in [3.8, 4) is 0 Å². The van der Waals surface area contributed by atoms with Gasteiger partial charge in [-0.1, -0.05) is 49.4 Å². The molecule has 0 aliphatic heterocycles. The fourth-order valence-electron chi connectivity index (χ4n) is 2.45. The number of guanidine groups is 1. The lowest BCUT2D eigenvalue weighted by molar-refractivity contribution is 0.0953. The Morgan fingerprint density at radius 3 is 2.42 bits per heavy atom. The van der Waals surface area contributed by atoms with E-state index in [9.17, 15) is 4.79 Å². The number of hydrogen-bond acceptors (Lipinski definition) is 2. The molecule has 0 aromatic heterocycles. The van der Waals surface area contributed by atoms with Crippen LogP contribution in [0.15, 0.2) is 59.6 Å². The van der Waals surface area contributed by atoms with Gasteiger partial charge in [0.1, 0.15) is 0 Å². The lowest BCUT2D eigenvalue weighted by atomic mass is 10.1. The van der Waals surface area contributed by atoms with Crippen LogP contribution in [0.25, 0.3) is 0 Å². The number of carbonyl (C=O) groups is 1. The fraction of sp³-hybridized carbons (Fsp3) is 0.333. The summed E-state index contributed by atoms with van der Waals surface area (Å²) in [6.07, 6.45) is 0.926. The molecule has 0 aliphatic carbocycles. The van der Waals surface area contributed by atoms with Crippen LogP contribution in [0.4, 0.5) is 0 Å². The Labute approximate surface area is 156 Å². The number of carbonyl (C=O) groups excluding carboxylic acids is 1. The summed E-state index contributed by atoms with van der Waals surface area (Å²) in [5.41, 5.74) is 2.89. The number of aliphatic imine (C=N–C) groups is 1. The van der Waals surface area contributed by atoms with Crippen molar-refractivity contribution in [3.05, 3.63) is 71.3 Å². The third-order valence-corrected chi connectivity index (χ3v) is 3.85. The van der Waals surface area contributed by atoms with Gasteiger partial charge in [-0.2, -0.15) is 0 Å². The first-order chi connectivity index (χ1) is 12.6. The van der Waals surface area contributed by atoms with Gasteiger partial charge in [0.25, 0.3) is 5.91 Å². The number of nitrogens with zero attached hydrogens (tertiary/aromatic N) is 2. The average molecular weight is 352 g/mol. The molecule has 0 radical (unpaired) electrons. The maximum absolute atomic E-state index is 12.1. The minimum atomic E-state index is -0.0345. The highest BCUT2D eigenvalue weighted by Crippen LogP contribution is 2.07. The topological polar surface area (TPSA) is 56.7 Å². The number of hydrogen-bond donors (Lipinski definition) is 2. The Kier molecular flexibility index (Phi) is 7.68. The van der Waals surface area contributed by atoms with Crippen molar-refractivity contribution >= 4 is 11.9 Å². The highest BCUT2D eigenvalue weighted by atomic mass is 16.1. The molecular formula is C21H28N4O. The van der Waals surface area contributed by atoms with E-state index in [1.807, 2.05) is 68.4 Å². The molecule has 0 fully saturated rings. The Morgan fingerprint density at radius 1 is 1.00 bits per heavy atom. The van der Waals surface area contributed by atoms with E-state index in [4.69, 9.17) is 0 Å². The summed E-state index contributed by atoms with van der Waals surface area (Å²) < 4.78 is 0. The van der Waals surface area contributed by atoms with Gasteiger partial charge in [0, 0.05) is 32.7 Å². The van der Waals surface area contributed by atoms with Crippen LogP contribution in [-0.4, -0.2) is 37.4 Å². The smallest absolute Gasteiger partial charge is 0.251 e. The second-order valence-corrected chi connectivity index (χ2v) is 6.33. The molecule has 2 aromatic rings. The monoisotopic (exact) mass is 352 g/mol. The molecular weight excluding hydrogens is 324 g/mol. The van der Waals surface area contributed by atoms with E-state index in [1.165, 1.54) is 5.56 Å². The number of amides is 1. The SMILES string of the molecule is CCCNC(=O)c1cccc(CN=C(NCc2ccccc2)N(C)C)c1. The van der Waals surface area contributed by atoms with Crippen LogP contribution in [0.3, 0.4) is 0 Å². The van der Waals surface area contributed by atoms with Crippen molar-refractivity contribution in [1.82, 2.24) is 15.5 Å². The van der Waals surface area contributed by atoms with Crippen LogP contribution >= 0.6 is 0 Å². The minimum absolute atomic E-state index is 0.0345. The predicted octanol–water partition coefficient (Wildman–Crippen LogP) is 3.03. The molecule has 2 rings (SSSR count). The summed E-state index contributed by atoms with van der Waals surface area (Å²) in [5.74, 6) is 0.780. The van der Waals surface area contributed by atoms with E-state index in [-0.39, 0.29) is 5.91 Å². The Morgan fingerprint density at radius 2 is 1.73 bits per heavy atom. The van der Waals surface area contributed by atoms with E-state index >= 15 is 0 Å². The largest absolute Gasteiger partial charge is 0.352 e. The van der Waals surface area contributed by atoms with Gasteiger partial charge in [-0.05, 0) is 29.7 Å². The number of rotatable bonds is 7. The summed E-state index contributed by atoms with van der Waals surface area (Å²) >= 11 is 0. The van der Waals surface area contributed by atoms with Crippen molar-refractivity contribution in [2.75, 3.05) is 20.6 Å². The van der Waals surface area contributed by atoms with Crippen LogP contribution in [0, 0.1) is 0 Å². The van der Waals surface area contributed by atoms with Gasteiger partial charge in [0.2, 0.25) is 0 Å². The van der Waals surface area contributed by atoms with Crippen molar-refractivity contribution in [3.63, 3.8) is 0 Å². The molecule has 0 heterocycles. The highest BCUT2D eigenvalue weighted by molar-refractivity contribution is 5.94. The third-order valence-electron chi connectivity index (χ3n) is 3.85. The molecule has 0 atom stereocenters. The van der Waals surface area contributed by atoms with Crippen molar-refractivity contribution in [2.24, 2.45) is 4.99 Å². The highest BCUT2D eigenvalue weighted by Gasteiger charge is 2.06. The third kappa shape index (κ3) is 6.24. The first-order valence-electron chi connectivity index (χ1n) is 8.97. The molecule has 0 spiro atoms. The van der Waals surface area contributed by atoms with E-state index in [0.29, 0.717) is 18.7 Å². The first kappa shape index (κ1) is 19.5. The second kappa shape index (κ2) is 10.2. The van der Waals surface area contributed by atoms with E-state index in [2.05, 4.69) is 27.8 Å². The zero-order valence-electron chi connectivity index (χ0n) is 15.8. The summed E-state index contributed by atoms with van der Waals surface area (Å²) in [6.45, 7) is 3.97. The molecule has 0 saturated heterocycles. The molecule has 0 aliphatic rings. The number of benzene rings is 2. The maximum atomic E-state index is 12.1. The minimum Gasteiger partial charge on any atom is -0.352 e. The second-order valence-electron chi connectivity index (χ2n) is 6.33. The van der Waals surface area contributed by atoms with Crippen LogP contribution in [0.1, 0.15) is 34.8 Å². The van der Waals surface area contributed by atoms with Gasteiger partial charge < -0.3 is 15.5 Å². The van der Waals surface area contributed by atoms with E-state index < -0.39 is 0 Å². The summed E-state index contributed by atoms with van der Waals surface area (Å²) in [7, 11) is 3.93. The van der Waals surface area contributed by atoms with Crippen LogP contribution < -0.4 is 10.6 Å². The average Bonchev–Trinajstić information content (AvgIpc) is 2.66. The van der Waals surface area contributed by atoms with Crippen molar-refractivity contribution < 1.29 is 4.79 Å². The van der Waals surface area contributed by atoms with Crippen LogP contribution in [-0.2, 0) is 13.1 Å². The van der Waals surface area contributed by atoms with Crippen LogP contribution in [0.5, 0.6) is 0 Å².